The van der Waals surface area contributed by atoms with Gasteiger partial charge in [0.2, 0.25) is 0 Å². The smallest absolute Gasteiger partial charge is 0.144 e. The SMILES string of the molecule is CCCOc1cc(N(CC)CCOCC)ccc1N. The van der Waals surface area contributed by atoms with Crippen molar-refractivity contribution < 1.29 is 9.47 Å². The van der Waals surface area contributed by atoms with E-state index >= 15 is 0 Å². The third-order valence-electron chi connectivity index (χ3n) is 2.92. The predicted molar refractivity (Wildman–Crippen MR) is 81.0 cm³/mol. The van der Waals surface area contributed by atoms with Crippen LogP contribution in [0.1, 0.15) is 27.2 Å². The lowest BCUT2D eigenvalue weighted by Gasteiger charge is -2.24. The molecule has 0 radical (unpaired) electrons. The summed E-state index contributed by atoms with van der Waals surface area (Å²) in [6.45, 7) is 10.2. The Bertz CT molecular complexity index is 369. The molecular formula is C15H26N2O2. The molecule has 1 aromatic carbocycles. The number of ether oxygens (including phenoxy) is 2. The van der Waals surface area contributed by atoms with Crippen LogP contribution in [0.25, 0.3) is 0 Å². The summed E-state index contributed by atoms with van der Waals surface area (Å²) in [5, 5.41) is 0. The number of nitrogen functional groups attached to an aromatic ring is 1. The summed E-state index contributed by atoms with van der Waals surface area (Å²) in [4.78, 5) is 2.26. The molecule has 0 aliphatic carbocycles. The fourth-order valence-electron chi connectivity index (χ4n) is 1.85. The highest BCUT2D eigenvalue weighted by molar-refractivity contribution is 5.62. The molecule has 0 aromatic heterocycles. The molecule has 0 heterocycles. The van der Waals surface area contributed by atoms with Crippen LogP contribution in [0.2, 0.25) is 0 Å². The van der Waals surface area contributed by atoms with Gasteiger partial charge in [0.05, 0.1) is 18.9 Å². The van der Waals surface area contributed by atoms with Crippen molar-refractivity contribution in [3.8, 4) is 5.75 Å². The topological polar surface area (TPSA) is 47.7 Å². The van der Waals surface area contributed by atoms with Gasteiger partial charge in [-0.2, -0.15) is 0 Å². The Morgan fingerprint density at radius 3 is 2.58 bits per heavy atom. The molecule has 4 nitrogen and oxygen atoms in total. The van der Waals surface area contributed by atoms with Crippen molar-refractivity contribution in [2.24, 2.45) is 0 Å². The van der Waals surface area contributed by atoms with Crippen molar-refractivity contribution in [2.75, 3.05) is 43.5 Å². The Labute approximate surface area is 116 Å². The van der Waals surface area contributed by atoms with Crippen LogP contribution in [-0.4, -0.2) is 32.9 Å². The second kappa shape index (κ2) is 8.64. The quantitative estimate of drug-likeness (QED) is 0.551. The van der Waals surface area contributed by atoms with Gasteiger partial charge in [-0.15, -0.1) is 0 Å². The maximum absolute atomic E-state index is 5.93. The highest BCUT2D eigenvalue weighted by Crippen LogP contribution is 2.27. The molecule has 0 unspecified atom stereocenters. The molecule has 0 saturated carbocycles. The Hall–Kier alpha value is -1.42. The maximum atomic E-state index is 5.93. The van der Waals surface area contributed by atoms with Crippen molar-refractivity contribution in [3.63, 3.8) is 0 Å². The highest BCUT2D eigenvalue weighted by Gasteiger charge is 2.08. The van der Waals surface area contributed by atoms with Crippen LogP contribution in [0, 0.1) is 0 Å². The fraction of sp³-hybridized carbons (Fsp3) is 0.600. The standard InChI is InChI=1S/C15H26N2O2/c1-4-10-19-15-12-13(7-8-14(15)16)17(5-2)9-11-18-6-3/h7-8,12H,4-6,9-11,16H2,1-3H3. The molecule has 0 saturated heterocycles. The summed E-state index contributed by atoms with van der Waals surface area (Å²) in [6, 6.07) is 5.95. The lowest BCUT2D eigenvalue weighted by atomic mass is 10.2. The number of likely N-dealkylation sites (N-methyl/N-ethyl adjacent to an activating group) is 1. The first-order valence-corrected chi connectivity index (χ1v) is 7.07. The van der Waals surface area contributed by atoms with Crippen LogP contribution in [-0.2, 0) is 4.74 Å². The molecule has 0 bridgehead atoms. The monoisotopic (exact) mass is 266 g/mol. The molecule has 4 heteroatoms. The van der Waals surface area contributed by atoms with Crippen molar-refractivity contribution in [3.05, 3.63) is 18.2 Å². The van der Waals surface area contributed by atoms with E-state index in [0.717, 1.165) is 44.2 Å². The van der Waals surface area contributed by atoms with E-state index in [-0.39, 0.29) is 0 Å². The Morgan fingerprint density at radius 2 is 1.95 bits per heavy atom. The molecule has 19 heavy (non-hydrogen) atoms. The van der Waals surface area contributed by atoms with Crippen LogP contribution >= 0.6 is 0 Å². The van der Waals surface area contributed by atoms with E-state index in [9.17, 15) is 0 Å². The first kappa shape index (κ1) is 15.6. The van der Waals surface area contributed by atoms with Crippen LogP contribution in [0.15, 0.2) is 18.2 Å². The Morgan fingerprint density at radius 1 is 1.16 bits per heavy atom. The van der Waals surface area contributed by atoms with E-state index in [2.05, 4.69) is 18.7 Å². The molecule has 2 N–H and O–H groups in total. The molecule has 0 aliphatic rings. The van der Waals surface area contributed by atoms with Crippen LogP contribution in [0.5, 0.6) is 5.75 Å². The minimum atomic E-state index is 0.693. The van der Waals surface area contributed by atoms with E-state index in [0.29, 0.717) is 12.3 Å². The van der Waals surface area contributed by atoms with E-state index in [1.807, 2.05) is 25.1 Å². The summed E-state index contributed by atoms with van der Waals surface area (Å²) in [7, 11) is 0. The molecule has 108 valence electrons. The van der Waals surface area contributed by atoms with Gasteiger partial charge in [-0.05, 0) is 32.4 Å². The molecule has 1 aromatic rings. The van der Waals surface area contributed by atoms with E-state index in [1.165, 1.54) is 0 Å². The molecule has 0 spiro atoms. The first-order chi connectivity index (χ1) is 9.22. The average Bonchev–Trinajstić information content (AvgIpc) is 2.43. The number of nitrogens with zero attached hydrogens (tertiary/aromatic N) is 1. The maximum Gasteiger partial charge on any atom is 0.144 e. The summed E-state index contributed by atoms with van der Waals surface area (Å²) in [5.41, 5.74) is 7.75. The number of benzene rings is 1. The van der Waals surface area contributed by atoms with Gasteiger partial charge >= 0.3 is 0 Å². The van der Waals surface area contributed by atoms with Gasteiger partial charge in [0.25, 0.3) is 0 Å². The zero-order valence-corrected chi connectivity index (χ0v) is 12.3. The van der Waals surface area contributed by atoms with Gasteiger partial charge < -0.3 is 20.1 Å². The second-order valence-electron chi connectivity index (χ2n) is 4.35. The second-order valence-corrected chi connectivity index (χ2v) is 4.35. The minimum absolute atomic E-state index is 0.693. The largest absolute Gasteiger partial charge is 0.491 e. The highest BCUT2D eigenvalue weighted by atomic mass is 16.5. The molecule has 0 atom stereocenters. The number of anilines is 2. The molecular weight excluding hydrogens is 240 g/mol. The van der Waals surface area contributed by atoms with E-state index in [1.54, 1.807) is 0 Å². The van der Waals surface area contributed by atoms with Crippen molar-refractivity contribution in [1.29, 1.82) is 0 Å². The van der Waals surface area contributed by atoms with Crippen molar-refractivity contribution in [1.82, 2.24) is 0 Å². The summed E-state index contributed by atoms with van der Waals surface area (Å²) >= 11 is 0. The van der Waals surface area contributed by atoms with E-state index in [4.69, 9.17) is 15.2 Å². The fourth-order valence-corrected chi connectivity index (χ4v) is 1.85. The predicted octanol–water partition coefficient (Wildman–Crippen LogP) is 2.92. The number of nitrogens with two attached hydrogens (primary N) is 1. The third kappa shape index (κ3) is 4.99. The molecule has 0 fully saturated rings. The zero-order chi connectivity index (χ0) is 14.1. The zero-order valence-electron chi connectivity index (χ0n) is 12.3. The molecule has 0 amide bonds. The number of hydrogen-bond acceptors (Lipinski definition) is 4. The van der Waals surface area contributed by atoms with Gasteiger partial charge in [-0.25, -0.2) is 0 Å². The van der Waals surface area contributed by atoms with Crippen LogP contribution in [0.3, 0.4) is 0 Å². The summed E-state index contributed by atoms with van der Waals surface area (Å²) < 4.78 is 11.1. The van der Waals surface area contributed by atoms with Crippen molar-refractivity contribution >= 4 is 11.4 Å². The summed E-state index contributed by atoms with van der Waals surface area (Å²) in [5.74, 6) is 0.772. The lowest BCUT2D eigenvalue weighted by Crippen LogP contribution is -2.27. The Kier molecular flexibility index (Phi) is 7.11. The van der Waals surface area contributed by atoms with Crippen LogP contribution < -0.4 is 15.4 Å². The van der Waals surface area contributed by atoms with Gasteiger partial charge in [0.15, 0.2) is 0 Å². The van der Waals surface area contributed by atoms with Gasteiger partial charge in [-0.3, -0.25) is 0 Å². The van der Waals surface area contributed by atoms with Gasteiger partial charge in [-0.1, -0.05) is 6.92 Å². The van der Waals surface area contributed by atoms with Crippen LogP contribution in [0.4, 0.5) is 11.4 Å². The average molecular weight is 266 g/mol. The van der Waals surface area contributed by atoms with Gasteiger partial charge in [0, 0.05) is 31.5 Å². The molecule has 0 aliphatic heterocycles. The first-order valence-electron chi connectivity index (χ1n) is 7.07. The third-order valence-corrected chi connectivity index (χ3v) is 2.92. The van der Waals surface area contributed by atoms with Gasteiger partial charge in [0.1, 0.15) is 5.75 Å². The summed E-state index contributed by atoms with van der Waals surface area (Å²) in [6.07, 6.45) is 0.978. The minimum Gasteiger partial charge on any atom is -0.491 e. The normalized spacial score (nSPS) is 10.5. The molecule has 1 rings (SSSR count). The Balaban J connectivity index is 2.73. The number of rotatable bonds is 9. The van der Waals surface area contributed by atoms with E-state index < -0.39 is 0 Å². The number of hydrogen-bond donors (Lipinski definition) is 1. The lowest BCUT2D eigenvalue weighted by molar-refractivity contribution is 0.154. The van der Waals surface area contributed by atoms with Crippen molar-refractivity contribution in [2.45, 2.75) is 27.2 Å².